The second kappa shape index (κ2) is 8.98. The molecule has 0 saturated heterocycles. The Morgan fingerprint density at radius 3 is 2.58 bits per heavy atom. The third kappa shape index (κ3) is 5.31. The Morgan fingerprint density at radius 1 is 1.46 bits per heavy atom. The van der Waals surface area contributed by atoms with Gasteiger partial charge in [-0.05, 0) is 44.5 Å². The molecule has 6 nitrogen and oxygen atoms in total. The van der Waals surface area contributed by atoms with Gasteiger partial charge in [-0.3, -0.25) is 9.79 Å². The molecule has 1 aliphatic heterocycles. The van der Waals surface area contributed by atoms with Gasteiger partial charge in [0.25, 0.3) is 0 Å². The molecule has 0 unspecified atom stereocenters. The van der Waals surface area contributed by atoms with E-state index in [9.17, 15) is 9.59 Å². The Bertz CT molecular complexity index is 649. The Morgan fingerprint density at radius 2 is 2.17 bits per heavy atom. The predicted octanol–water partition coefficient (Wildman–Crippen LogP) is 2.10. The number of carboxylic acid groups (broad SMARTS) is 1. The minimum Gasteiger partial charge on any atom is -0.478 e. The van der Waals surface area contributed by atoms with Gasteiger partial charge in [-0.1, -0.05) is 19.1 Å². The molecule has 1 aliphatic rings. The van der Waals surface area contributed by atoms with Gasteiger partial charge in [0.2, 0.25) is 0 Å². The van der Waals surface area contributed by atoms with Crippen molar-refractivity contribution in [2.75, 3.05) is 13.6 Å². The number of aryl methyl sites for hydroxylation is 1. The number of nitrogens with zero attached hydrogens (tertiary/aromatic N) is 1. The van der Waals surface area contributed by atoms with Gasteiger partial charge in [-0.2, -0.15) is 0 Å². The number of aldehydes is 1. The van der Waals surface area contributed by atoms with Crippen LogP contribution in [0.5, 0.6) is 0 Å². The quantitative estimate of drug-likeness (QED) is 0.719. The lowest BCUT2D eigenvalue weighted by Crippen LogP contribution is -2.33. The van der Waals surface area contributed by atoms with Crippen molar-refractivity contribution in [3.8, 4) is 0 Å². The fourth-order valence-electron chi connectivity index (χ4n) is 2.09. The summed E-state index contributed by atoms with van der Waals surface area (Å²) in [5.41, 5.74) is 2.80. The number of aromatic carboxylic acids is 1. The molecular weight excluding hydrogens is 306 g/mol. The van der Waals surface area contributed by atoms with Crippen LogP contribution in [0.1, 0.15) is 42.3 Å². The van der Waals surface area contributed by atoms with E-state index in [2.05, 4.69) is 29.5 Å². The average Bonchev–Trinajstić information content (AvgIpc) is 2.62. The maximum Gasteiger partial charge on any atom is 0.335 e. The molecule has 2 rings (SSSR count). The van der Waals surface area contributed by atoms with Crippen LogP contribution in [0.25, 0.3) is 0 Å². The maximum absolute atomic E-state index is 11.0. The molecule has 0 bridgehead atoms. The van der Waals surface area contributed by atoms with Gasteiger partial charge in [0, 0.05) is 17.9 Å². The zero-order chi connectivity index (χ0) is 18.2. The lowest BCUT2D eigenvalue weighted by Gasteiger charge is -2.25. The van der Waals surface area contributed by atoms with Gasteiger partial charge in [0.1, 0.15) is 0 Å². The van der Waals surface area contributed by atoms with E-state index in [0.717, 1.165) is 23.8 Å². The number of carboxylic acids is 1. The summed E-state index contributed by atoms with van der Waals surface area (Å²) >= 11 is 0. The fraction of sp³-hybridized carbons (Fsp3) is 0.389. The highest BCUT2D eigenvalue weighted by molar-refractivity contribution is 6.29. The molecule has 1 aromatic rings. The first-order valence-corrected chi connectivity index (χ1v) is 7.81. The zero-order valence-electron chi connectivity index (χ0n) is 14.6. The fourth-order valence-corrected chi connectivity index (χ4v) is 2.09. The van der Waals surface area contributed by atoms with Gasteiger partial charge >= 0.3 is 5.97 Å². The number of aliphatic imine (C=N–C) groups is 1. The van der Waals surface area contributed by atoms with Gasteiger partial charge in [0.05, 0.1) is 17.8 Å². The second-order valence-electron chi connectivity index (χ2n) is 5.84. The van der Waals surface area contributed by atoms with Gasteiger partial charge in [0.15, 0.2) is 6.29 Å². The van der Waals surface area contributed by atoms with Gasteiger partial charge in [-0.15, -0.1) is 0 Å². The summed E-state index contributed by atoms with van der Waals surface area (Å²) in [5, 5.41) is 15.1. The van der Waals surface area contributed by atoms with Crippen LogP contribution in [0.4, 0.5) is 0 Å². The molecule has 0 fully saturated rings. The number of nitrogens with one attached hydrogen (secondary N) is 2. The van der Waals surface area contributed by atoms with E-state index in [1.165, 1.54) is 0 Å². The van der Waals surface area contributed by atoms with Crippen molar-refractivity contribution >= 4 is 18.0 Å². The summed E-state index contributed by atoms with van der Waals surface area (Å²) in [4.78, 5) is 24.7. The third-order valence-corrected chi connectivity index (χ3v) is 3.92. The van der Waals surface area contributed by atoms with Crippen molar-refractivity contribution in [1.29, 1.82) is 0 Å². The summed E-state index contributed by atoms with van der Waals surface area (Å²) in [6.07, 6.45) is 4.74. The van der Waals surface area contributed by atoms with Crippen molar-refractivity contribution in [3.63, 3.8) is 0 Å². The van der Waals surface area contributed by atoms with Crippen LogP contribution < -0.4 is 10.6 Å². The van der Waals surface area contributed by atoms with Gasteiger partial charge in [-0.25, -0.2) is 4.79 Å². The van der Waals surface area contributed by atoms with E-state index in [1.807, 2.05) is 26.1 Å². The highest BCUT2D eigenvalue weighted by Gasteiger charge is 2.19. The van der Waals surface area contributed by atoms with Crippen molar-refractivity contribution in [2.24, 2.45) is 4.99 Å². The Hall–Kier alpha value is -2.47. The molecule has 0 atom stereocenters. The number of carbonyl (C=O) groups excluding carboxylic acids is 1. The van der Waals surface area contributed by atoms with E-state index in [-0.39, 0.29) is 5.54 Å². The lowest BCUT2D eigenvalue weighted by molar-refractivity contribution is -0.102. The molecule has 130 valence electrons. The van der Waals surface area contributed by atoms with Crippen molar-refractivity contribution in [2.45, 2.75) is 32.7 Å². The van der Waals surface area contributed by atoms with E-state index >= 15 is 0 Å². The van der Waals surface area contributed by atoms with E-state index in [0.29, 0.717) is 17.8 Å². The molecule has 3 N–H and O–H groups in total. The maximum atomic E-state index is 11.0. The molecular formula is C18H25N3O3. The van der Waals surface area contributed by atoms with Crippen LogP contribution in [-0.2, 0) is 16.8 Å². The number of hydrogen-bond donors (Lipinski definition) is 3. The molecule has 0 spiro atoms. The summed E-state index contributed by atoms with van der Waals surface area (Å²) in [6.45, 7) is 6.67. The van der Waals surface area contributed by atoms with E-state index in [1.54, 1.807) is 18.5 Å². The number of rotatable bonds is 5. The summed E-state index contributed by atoms with van der Waals surface area (Å²) in [7, 11) is 1.90. The number of benzene rings is 1. The Kier molecular flexibility index (Phi) is 7.32. The first-order chi connectivity index (χ1) is 11.4. The SMILES string of the molecule is CCc1cc(C(C)(C)NC)ccc1C(=O)O.O=CC1=NC=CNC1. The molecule has 0 saturated carbocycles. The first-order valence-electron chi connectivity index (χ1n) is 7.81. The molecule has 6 heteroatoms. The molecule has 0 aliphatic carbocycles. The lowest BCUT2D eigenvalue weighted by atomic mass is 9.90. The van der Waals surface area contributed by atoms with Crippen LogP contribution >= 0.6 is 0 Å². The molecule has 24 heavy (non-hydrogen) atoms. The zero-order valence-corrected chi connectivity index (χ0v) is 14.6. The minimum absolute atomic E-state index is 0.138. The standard InChI is InChI=1S/C13H19NO2.C5H6N2O/c1-5-9-8-10(13(2,3)14-4)6-7-11(9)12(15)16;8-4-5-3-6-1-2-7-5/h6-8,14H,5H2,1-4H3,(H,15,16);1-2,4,6H,3H2. The second-order valence-corrected chi connectivity index (χ2v) is 5.84. The number of carbonyl (C=O) groups is 2. The Balaban J connectivity index is 0.000000300. The van der Waals surface area contributed by atoms with Crippen molar-refractivity contribution in [3.05, 3.63) is 47.3 Å². The molecule has 0 aromatic heterocycles. The summed E-state index contributed by atoms with van der Waals surface area (Å²) in [6, 6.07) is 5.54. The van der Waals surface area contributed by atoms with Crippen molar-refractivity contribution < 1.29 is 14.7 Å². The van der Waals surface area contributed by atoms with E-state index < -0.39 is 5.97 Å². The van der Waals surface area contributed by atoms with Gasteiger partial charge < -0.3 is 15.7 Å². The minimum atomic E-state index is -0.856. The van der Waals surface area contributed by atoms with Crippen LogP contribution in [-0.4, -0.2) is 36.7 Å². The van der Waals surface area contributed by atoms with Crippen molar-refractivity contribution in [1.82, 2.24) is 10.6 Å². The predicted molar refractivity (Wildman–Crippen MR) is 95.5 cm³/mol. The average molecular weight is 331 g/mol. The monoisotopic (exact) mass is 331 g/mol. The van der Waals surface area contributed by atoms with Crippen LogP contribution in [0.3, 0.4) is 0 Å². The van der Waals surface area contributed by atoms with Crippen LogP contribution in [0, 0.1) is 0 Å². The van der Waals surface area contributed by atoms with Crippen LogP contribution in [0.15, 0.2) is 35.6 Å². The highest BCUT2D eigenvalue weighted by atomic mass is 16.4. The highest BCUT2D eigenvalue weighted by Crippen LogP contribution is 2.23. The number of hydrogen-bond acceptors (Lipinski definition) is 5. The topological polar surface area (TPSA) is 90.8 Å². The third-order valence-electron chi connectivity index (χ3n) is 3.92. The molecule has 0 radical (unpaired) electrons. The first kappa shape index (κ1) is 19.6. The normalized spacial score (nSPS) is 13.2. The Labute approximate surface area is 142 Å². The largest absolute Gasteiger partial charge is 0.478 e. The van der Waals surface area contributed by atoms with E-state index in [4.69, 9.17) is 5.11 Å². The molecule has 1 aromatic carbocycles. The summed E-state index contributed by atoms with van der Waals surface area (Å²) in [5.74, 6) is -0.856. The molecule has 0 amide bonds. The van der Waals surface area contributed by atoms with Crippen LogP contribution in [0.2, 0.25) is 0 Å². The summed E-state index contributed by atoms with van der Waals surface area (Å²) < 4.78 is 0. The smallest absolute Gasteiger partial charge is 0.335 e. The molecule has 1 heterocycles.